The molecule has 0 aliphatic carbocycles. The third kappa shape index (κ3) is 8.16. The zero-order valence-electron chi connectivity index (χ0n) is 8.81. The van der Waals surface area contributed by atoms with Crippen LogP contribution in [0.15, 0.2) is 24.4 Å². The second kappa shape index (κ2) is 10.8. The van der Waals surface area contributed by atoms with E-state index in [9.17, 15) is 0 Å². The Bertz CT molecular complexity index is 213. The van der Waals surface area contributed by atoms with Crippen molar-refractivity contribution >= 4 is 0 Å². The number of aliphatic hydroxyl groups is 4. The fourth-order valence-corrected chi connectivity index (χ4v) is 0.612. The van der Waals surface area contributed by atoms with E-state index in [1.165, 1.54) is 0 Å². The minimum atomic E-state index is -0.714. The third-order valence-corrected chi connectivity index (χ3v) is 1.12. The van der Waals surface area contributed by atoms with Crippen LogP contribution in [0.25, 0.3) is 0 Å². The van der Waals surface area contributed by atoms with Gasteiger partial charge in [-0.15, -0.1) is 0 Å². The molecule has 100 valence electrons. The maximum atomic E-state index is 8.51. The molecule has 0 bridgehead atoms. The predicted molar refractivity (Wildman–Crippen MR) is 49.9 cm³/mol. The summed E-state index contributed by atoms with van der Waals surface area (Å²) in [5.74, 6) is -0.717. The van der Waals surface area contributed by atoms with Crippen molar-refractivity contribution in [2.45, 2.75) is 0 Å². The van der Waals surface area contributed by atoms with E-state index in [0.29, 0.717) is 0 Å². The van der Waals surface area contributed by atoms with Gasteiger partial charge >= 0.3 is 11.9 Å². The fraction of sp³-hybridized carbons (Fsp3) is 0.500. The molecule has 9 nitrogen and oxygen atoms in total. The summed E-state index contributed by atoms with van der Waals surface area (Å²) >= 11 is 0. The number of ether oxygens (including phenoxy) is 5. The smallest absolute Gasteiger partial charge is 0.325 e. The molecular weight excluding hydrogens is 240 g/mol. The molecule has 0 saturated carbocycles. The van der Waals surface area contributed by atoms with E-state index < -0.39 is 27.2 Å². The van der Waals surface area contributed by atoms with Gasteiger partial charge in [-0.3, -0.25) is 0 Å². The first-order valence-electron chi connectivity index (χ1n) is 4.28. The van der Waals surface area contributed by atoms with Crippen LogP contribution in [0.2, 0.25) is 0 Å². The van der Waals surface area contributed by atoms with E-state index in [2.05, 4.69) is 18.9 Å². The van der Waals surface area contributed by atoms with Crippen LogP contribution in [0.1, 0.15) is 0 Å². The van der Waals surface area contributed by atoms with E-state index in [1.54, 1.807) is 0 Å². The summed E-state index contributed by atoms with van der Waals surface area (Å²) in [5, 5.41) is 33.8. The van der Waals surface area contributed by atoms with Gasteiger partial charge in [0.25, 0.3) is 0 Å². The Labute approximate surface area is 96.7 Å². The lowest BCUT2D eigenvalue weighted by Crippen LogP contribution is -2.05. The zero-order chi connectivity index (χ0) is 12.9. The molecule has 9 heteroatoms. The highest BCUT2D eigenvalue weighted by Crippen LogP contribution is 2.09. The van der Waals surface area contributed by atoms with Crippen molar-refractivity contribution in [3.05, 3.63) is 24.4 Å². The van der Waals surface area contributed by atoms with Crippen molar-refractivity contribution in [3.63, 3.8) is 0 Å². The molecule has 4 N–H and O–H groups in total. The average Bonchev–Trinajstić information content (AvgIpc) is 2.33. The van der Waals surface area contributed by atoms with Crippen LogP contribution in [-0.2, 0) is 23.7 Å². The highest BCUT2D eigenvalue weighted by molar-refractivity contribution is 4.85. The zero-order valence-corrected chi connectivity index (χ0v) is 8.81. The average molecular weight is 254 g/mol. The van der Waals surface area contributed by atoms with Crippen LogP contribution >= 0.6 is 0 Å². The number of aliphatic hydroxyl groups excluding tert-OH is 4. The lowest BCUT2D eigenvalue weighted by atomic mass is 10.8. The Morgan fingerprint density at radius 1 is 0.706 bits per heavy atom. The number of hydrogen-bond acceptors (Lipinski definition) is 9. The molecule has 0 fully saturated rings. The highest BCUT2D eigenvalue weighted by Gasteiger charge is 2.07. The molecule has 0 unspecified atom stereocenters. The first kappa shape index (κ1) is 15.3. The van der Waals surface area contributed by atoms with Crippen molar-refractivity contribution in [2.24, 2.45) is 0 Å². The summed E-state index contributed by atoms with van der Waals surface area (Å²) in [6.45, 7) is -2.69. The van der Waals surface area contributed by atoms with Crippen molar-refractivity contribution in [1.29, 1.82) is 0 Å². The molecule has 0 atom stereocenters. The summed E-state index contributed by atoms with van der Waals surface area (Å²) in [6, 6.07) is 0. The molecule has 0 radical (unpaired) electrons. The molecule has 0 aliphatic heterocycles. The fourth-order valence-electron chi connectivity index (χ4n) is 0.612. The van der Waals surface area contributed by atoms with Gasteiger partial charge in [0, 0.05) is 0 Å². The van der Waals surface area contributed by atoms with Gasteiger partial charge in [-0.05, 0) is 0 Å². The van der Waals surface area contributed by atoms with Crippen LogP contribution < -0.4 is 0 Å². The Hall–Kier alpha value is -1.68. The maximum Gasteiger partial charge on any atom is 0.325 e. The number of hydrogen-bond donors (Lipinski definition) is 4. The Kier molecular flexibility index (Phi) is 9.76. The molecule has 0 aromatic carbocycles. The van der Waals surface area contributed by atoms with E-state index >= 15 is 0 Å². The Balaban J connectivity index is 4.43. The summed E-state index contributed by atoms with van der Waals surface area (Å²) in [5.41, 5.74) is 0. The molecule has 0 aromatic heterocycles. The molecule has 0 spiro atoms. The summed E-state index contributed by atoms with van der Waals surface area (Å²) < 4.78 is 22.8. The first-order valence-corrected chi connectivity index (χ1v) is 4.28. The summed E-state index contributed by atoms with van der Waals surface area (Å²) in [7, 11) is 0. The van der Waals surface area contributed by atoms with Gasteiger partial charge in [0.2, 0.25) is 0 Å². The minimum absolute atomic E-state index is 0.359. The molecule has 0 aromatic rings. The minimum Gasteiger partial charge on any atom is -0.468 e. The summed E-state index contributed by atoms with van der Waals surface area (Å²) in [6.07, 6.45) is 1.70. The van der Waals surface area contributed by atoms with Gasteiger partial charge < -0.3 is 44.1 Å². The van der Waals surface area contributed by atoms with Gasteiger partial charge in [0.05, 0.1) is 0 Å². The van der Waals surface area contributed by atoms with Gasteiger partial charge in [0.1, 0.15) is 0 Å². The monoisotopic (exact) mass is 254 g/mol. The predicted octanol–water partition coefficient (Wildman–Crippen LogP) is -1.53. The third-order valence-electron chi connectivity index (χ3n) is 1.12. The largest absolute Gasteiger partial charge is 0.468 e. The van der Waals surface area contributed by atoms with E-state index in [4.69, 9.17) is 25.2 Å². The van der Waals surface area contributed by atoms with E-state index in [1.807, 2.05) is 0 Å². The molecule has 0 heterocycles. The molecule has 0 aliphatic rings. The molecule has 17 heavy (non-hydrogen) atoms. The Morgan fingerprint density at radius 2 is 1.12 bits per heavy atom. The van der Waals surface area contributed by atoms with Crippen LogP contribution in [0.3, 0.4) is 0 Å². The van der Waals surface area contributed by atoms with E-state index in [0.717, 1.165) is 12.5 Å². The highest BCUT2D eigenvalue weighted by atomic mass is 16.8. The van der Waals surface area contributed by atoms with Crippen molar-refractivity contribution in [3.8, 4) is 0 Å². The van der Waals surface area contributed by atoms with Crippen molar-refractivity contribution in [2.75, 3.05) is 27.2 Å². The van der Waals surface area contributed by atoms with Crippen LogP contribution in [0.5, 0.6) is 0 Å². The topological polar surface area (TPSA) is 127 Å². The second-order valence-corrected chi connectivity index (χ2v) is 2.11. The lowest BCUT2D eigenvalue weighted by Gasteiger charge is -2.11. The van der Waals surface area contributed by atoms with Crippen molar-refractivity contribution < 1.29 is 44.1 Å². The van der Waals surface area contributed by atoms with Gasteiger partial charge in [-0.1, -0.05) is 0 Å². The maximum absolute atomic E-state index is 8.51. The quantitative estimate of drug-likeness (QED) is 0.271. The standard InChI is InChI=1S/C8H14O9/c9-3-13-1-7(15-5-11)17-8(16-6-12)2-14-4-10/h1-2,9-12H,3-6H2. The lowest BCUT2D eigenvalue weighted by molar-refractivity contribution is -0.0906. The van der Waals surface area contributed by atoms with Gasteiger partial charge in [-0.25, -0.2) is 0 Å². The molecule has 0 saturated heterocycles. The molecular formula is C8H14O9. The van der Waals surface area contributed by atoms with Gasteiger partial charge in [0.15, 0.2) is 39.7 Å². The normalized spacial score (nSPS) is 12.0. The van der Waals surface area contributed by atoms with Crippen LogP contribution in [0.4, 0.5) is 0 Å². The molecule has 0 amide bonds. The summed E-state index contributed by atoms with van der Waals surface area (Å²) in [4.78, 5) is 0. The van der Waals surface area contributed by atoms with Crippen LogP contribution in [0, 0.1) is 0 Å². The number of rotatable bonds is 10. The Morgan fingerprint density at radius 3 is 1.41 bits per heavy atom. The van der Waals surface area contributed by atoms with Crippen LogP contribution in [-0.4, -0.2) is 47.6 Å². The molecule has 0 rings (SSSR count). The first-order chi connectivity index (χ1) is 8.28. The SMILES string of the molecule is OCOC=C(OCO)OC(=COCO)OCO. The van der Waals surface area contributed by atoms with E-state index in [-0.39, 0.29) is 11.9 Å². The van der Waals surface area contributed by atoms with Gasteiger partial charge in [-0.2, -0.15) is 0 Å². The van der Waals surface area contributed by atoms with Crippen molar-refractivity contribution in [1.82, 2.24) is 0 Å². The second-order valence-electron chi connectivity index (χ2n) is 2.11.